The molecule has 0 unspecified atom stereocenters. The molecule has 0 fully saturated rings. The quantitative estimate of drug-likeness (QED) is 0.611. The summed E-state index contributed by atoms with van der Waals surface area (Å²) in [6, 6.07) is 3.27. The first-order valence-corrected chi connectivity index (χ1v) is 7.23. The number of nitrogens with zero attached hydrogens (tertiary/aromatic N) is 2. The number of nitrogens with two attached hydrogens (primary N) is 1. The molecule has 0 amide bonds. The van der Waals surface area contributed by atoms with E-state index in [-0.39, 0.29) is 28.6 Å². The summed E-state index contributed by atoms with van der Waals surface area (Å²) in [4.78, 5) is 19.9. The van der Waals surface area contributed by atoms with Crippen molar-refractivity contribution >= 4 is 34.4 Å². The molecule has 2 aromatic rings. The van der Waals surface area contributed by atoms with Gasteiger partial charge >= 0.3 is 5.97 Å². The third-order valence-corrected chi connectivity index (χ3v) is 4.20. The standard InChI is InChI=1S/C14H13FIN3O3/c1-6-8(16)5-4-7(9(6)15)13-18-10(14(20)22-3)11(21-2)12(17)19-13/h4-5H,1-3H3,(H2,17,18,19). The number of carbonyl (C=O) groups excluding carboxylic acids is 1. The molecule has 0 aliphatic rings. The van der Waals surface area contributed by atoms with E-state index in [2.05, 4.69) is 14.7 Å². The Kier molecular flexibility index (Phi) is 4.79. The van der Waals surface area contributed by atoms with Crippen molar-refractivity contribution in [3.05, 3.63) is 32.8 Å². The summed E-state index contributed by atoms with van der Waals surface area (Å²) in [5, 5.41) is 0. The number of carbonyl (C=O) groups is 1. The minimum atomic E-state index is -0.741. The lowest BCUT2D eigenvalue weighted by Crippen LogP contribution is -2.12. The molecule has 2 N–H and O–H groups in total. The number of aromatic nitrogens is 2. The maximum Gasteiger partial charge on any atom is 0.360 e. The van der Waals surface area contributed by atoms with E-state index in [1.165, 1.54) is 20.3 Å². The van der Waals surface area contributed by atoms with Crippen molar-refractivity contribution in [3.63, 3.8) is 0 Å². The molecule has 0 radical (unpaired) electrons. The van der Waals surface area contributed by atoms with Crippen LogP contribution in [0.15, 0.2) is 12.1 Å². The van der Waals surface area contributed by atoms with Crippen molar-refractivity contribution in [2.24, 2.45) is 0 Å². The summed E-state index contributed by atoms with van der Waals surface area (Å²) < 4.78 is 24.8. The van der Waals surface area contributed by atoms with E-state index in [4.69, 9.17) is 10.5 Å². The van der Waals surface area contributed by atoms with Crippen LogP contribution in [0.2, 0.25) is 0 Å². The monoisotopic (exact) mass is 417 g/mol. The lowest BCUT2D eigenvalue weighted by Gasteiger charge is -2.12. The number of esters is 1. The summed E-state index contributed by atoms with van der Waals surface area (Å²) in [5.74, 6) is -1.28. The van der Waals surface area contributed by atoms with Crippen LogP contribution in [0.5, 0.6) is 5.75 Å². The van der Waals surface area contributed by atoms with Crippen molar-refractivity contribution in [2.45, 2.75) is 6.92 Å². The first-order valence-electron chi connectivity index (χ1n) is 6.15. The normalized spacial score (nSPS) is 10.4. The van der Waals surface area contributed by atoms with Crippen molar-refractivity contribution in [3.8, 4) is 17.1 Å². The number of hydrogen-bond donors (Lipinski definition) is 1. The Morgan fingerprint density at radius 1 is 1.32 bits per heavy atom. The Morgan fingerprint density at radius 3 is 2.59 bits per heavy atom. The number of methoxy groups -OCH3 is 2. The van der Waals surface area contributed by atoms with E-state index in [9.17, 15) is 9.18 Å². The maximum atomic E-state index is 14.4. The van der Waals surface area contributed by atoms with Crippen molar-refractivity contribution in [1.82, 2.24) is 9.97 Å². The number of rotatable bonds is 3. The number of halogens is 2. The highest BCUT2D eigenvalue weighted by Crippen LogP contribution is 2.30. The van der Waals surface area contributed by atoms with Crippen molar-refractivity contribution < 1.29 is 18.7 Å². The van der Waals surface area contributed by atoms with Gasteiger partial charge in [-0.3, -0.25) is 0 Å². The van der Waals surface area contributed by atoms with E-state index in [1.807, 2.05) is 22.6 Å². The van der Waals surface area contributed by atoms with Gasteiger partial charge in [-0.2, -0.15) is 0 Å². The summed E-state index contributed by atoms with van der Waals surface area (Å²) in [6.45, 7) is 1.65. The predicted octanol–water partition coefficient (Wildman–Crippen LogP) is 2.57. The first-order chi connectivity index (χ1) is 10.4. The SMILES string of the molecule is COC(=O)c1nc(-c2ccc(I)c(C)c2F)nc(N)c1OC. The van der Waals surface area contributed by atoms with Crippen LogP contribution < -0.4 is 10.5 Å². The Hall–Kier alpha value is -1.97. The van der Waals surface area contributed by atoms with Crippen molar-refractivity contribution in [2.75, 3.05) is 20.0 Å². The van der Waals surface area contributed by atoms with Gasteiger partial charge in [0.05, 0.1) is 19.8 Å². The van der Waals surface area contributed by atoms with Crippen molar-refractivity contribution in [1.29, 1.82) is 0 Å². The molecule has 0 atom stereocenters. The lowest BCUT2D eigenvalue weighted by molar-refractivity contribution is 0.0590. The van der Waals surface area contributed by atoms with Crippen LogP contribution in [-0.4, -0.2) is 30.2 Å². The molecule has 1 aromatic carbocycles. The molecular weight excluding hydrogens is 404 g/mol. The highest BCUT2D eigenvalue weighted by atomic mass is 127. The highest BCUT2D eigenvalue weighted by molar-refractivity contribution is 14.1. The Labute approximate surface area is 140 Å². The second-order valence-corrected chi connectivity index (χ2v) is 5.50. The molecule has 2 rings (SSSR count). The number of nitrogen functional groups attached to an aromatic ring is 1. The molecule has 116 valence electrons. The van der Waals surface area contributed by atoms with Crippen LogP contribution in [0.1, 0.15) is 16.1 Å². The van der Waals surface area contributed by atoms with Gasteiger partial charge in [-0.1, -0.05) is 0 Å². The number of hydrogen-bond acceptors (Lipinski definition) is 6. The van der Waals surface area contributed by atoms with E-state index < -0.39 is 11.8 Å². The lowest BCUT2D eigenvalue weighted by atomic mass is 10.1. The highest BCUT2D eigenvalue weighted by Gasteiger charge is 2.22. The fraction of sp³-hybridized carbons (Fsp3) is 0.214. The van der Waals surface area contributed by atoms with Gasteiger partial charge in [0, 0.05) is 3.57 Å². The second-order valence-electron chi connectivity index (χ2n) is 4.34. The number of ether oxygens (including phenoxy) is 2. The smallest absolute Gasteiger partial charge is 0.360 e. The minimum absolute atomic E-state index is 0.00163. The zero-order chi connectivity index (χ0) is 16.4. The van der Waals surface area contributed by atoms with Gasteiger partial charge in [0.25, 0.3) is 0 Å². The molecule has 0 aliphatic heterocycles. The molecular formula is C14H13FIN3O3. The summed E-state index contributed by atoms with van der Waals surface area (Å²) in [6.07, 6.45) is 0. The molecule has 0 saturated heterocycles. The largest absolute Gasteiger partial charge is 0.491 e. The Bertz CT molecular complexity index is 753. The van der Waals surface area contributed by atoms with Crippen LogP contribution in [-0.2, 0) is 4.74 Å². The fourth-order valence-electron chi connectivity index (χ4n) is 1.86. The zero-order valence-corrected chi connectivity index (χ0v) is 14.3. The molecule has 0 saturated carbocycles. The van der Waals surface area contributed by atoms with Gasteiger partial charge in [-0.05, 0) is 47.2 Å². The molecule has 1 heterocycles. The molecule has 1 aromatic heterocycles. The summed E-state index contributed by atoms with van der Waals surface area (Å²) >= 11 is 2.03. The minimum Gasteiger partial charge on any atom is -0.491 e. The molecule has 0 bridgehead atoms. The van der Waals surface area contributed by atoms with Crippen LogP contribution in [0.4, 0.5) is 10.2 Å². The van der Waals surface area contributed by atoms with E-state index >= 15 is 0 Å². The predicted molar refractivity (Wildman–Crippen MR) is 87.2 cm³/mol. The average molecular weight is 417 g/mol. The van der Waals surface area contributed by atoms with E-state index in [0.717, 1.165) is 3.57 Å². The topological polar surface area (TPSA) is 87.3 Å². The van der Waals surface area contributed by atoms with Gasteiger partial charge in [-0.15, -0.1) is 0 Å². The summed E-state index contributed by atoms with van der Waals surface area (Å²) in [7, 11) is 2.53. The first kappa shape index (κ1) is 16.4. The van der Waals surface area contributed by atoms with Gasteiger partial charge in [0.1, 0.15) is 5.82 Å². The van der Waals surface area contributed by atoms with Crippen LogP contribution in [0.25, 0.3) is 11.4 Å². The van der Waals surface area contributed by atoms with Gasteiger partial charge < -0.3 is 15.2 Å². The molecule has 0 spiro atoms. The van der Waals surface area contributed by atoms with Gasteiger partial charge in [0.2, 0.25) is 0 Å². The van der Waals surface area contributed by atoms with E-state index in [0.29, 0.717) is 5.56 Å². The van der Waals surface area contributed by atoms with Crippen LogP contribution >= 0.6 is 22.6 Å². The van der Waals surface area contributed by atoms with Gasteiger partial charge in [0.15, 0.2) is 23.1 Å². The molecule has 6 nitrogen and oxygen atoms in total. The number of anilines is 1. The van der Waals surface area contributed by atoms with Gasteiger partial charge in [-0.25, -0.2) is 19.2 Å². The molecule has 0 aliphatic carbocycles. The van der Waals surface area contributed by atoms with Crippen LogP contribution in [0, 0.1) is 16.3 Å². The Morgan fingerprint density at radius 2 is 2.00 bits per heavy atom. The average Bonchev–Trinajstić information content (AvgIpc) is 2.51. The third-order valence-electron chi connectivity index (χ3n) is 3.04. The number of benzene rings is 1. The third kappa shape index (κ3) is 2.82. The maximum absolute atomic E-state index is 14.4. The Balaban J connectivity index is 2.70. The van der Waals surface area contributed by atoms with Crippen LogP contribution in [0.3, 0.4) is 0 Å². The summed E-state index contributed by atoms with van der Waals surface area (Å²) in [5.41, 5.74) is 6.24. The molecule has 8 heteroatoms. The van der Waals surface area contributed by atoms with E-state index in [1.54, 1.807) is 13.0 Å². The fourth-order valence-corrected chi connectivity index (χ4v) is 2.28. The molecule has 22 heavy (non-hydrogen) atoms. The zero-order valence-electron chi connectivity index (χ0n) is 12.1. The second kappa shape index (κ2) is 6.42.